The zero-order valence-electron chi connectivity index (χ0n) is 31.8. The van der Waals surface area contributed by atoms with Gasteiger partial charge in [0, 0.05) is 43.5 Å². The van der Waals surface area contributed by atoms with Gasteiger partial charge in [-0.1, -0.05) is 6.07 Å². The lowest BCUT2D eigenvalue weighted by molar-refractivity contribution is -0.136. The number of hydrogen-bond acceptors (Lipinski definition) is 15. The van der Waals surface area contributed by atoms with Gasteiger partial charge in [0.2, 0.25) is 17.6 Å². The van der Waals surface area contributed by atoms with Crippen molar-refractivity contribution in [3.8, 4) is 22.8 Å². The van der Waals surface area contributed by atoms with E-state index in [-0.39, 0.29) is 88.0 Å². The Morgan fingerprint density at radius 2 is 1.51 bits per heavy atom. The third kappa shape index (κ3) is 11.1. The number of ether oxygens (including phenoxy) is 6. The molecule has 1 aromatic heterocycles. The number of piperidine rings is 1. The minimum atomic E-state index is -1.21. The maximum atomic E-state index is 14.8. The SMILES string of the molecule is O=C(COc1cccc2c1C(=O)N(C1CCC(=O)NC1=O)C2=O)NCCOCCOCCOCCNC(=O)COc1c(-c2csc(N3CCOCC3)n2)ccc(F)c1F. The first kappa shape index (κ1) is 43.0. The molecule has 1 unspecified atom stereocenters. The van der Waals surface area contributed by atoms with E-state index in [1.807, 2.05) is 4.90 Å². The van der Waals surface area contributed by atoms with Crippen LogP contribution in [0.15, 0.2) is 35.7 Å². The number of halogens is 2. The highest BCUT2D eigenvalue weighted by atomic mass is 32.1. The van der Waals surface area contributed by atoms with Gasteiger partial charge >= 0.3 is 0 Å². The number of imide groups is 2. The van der Waals surface area contributed by atoms with Crippen LogP contribution in [0, 0.1) is 11.6 Å². The Labute approximate surface area is 340 Å². The number of fused-ring (bicyclic) bond motifs is 1. The van der Waals surface area contributed by atoms with Crippen LogP contribution in [-0.2, 0) is 38.1 Å². The summed E-state index contributed by atoms with van der Waals surface area (Å²) in [6.07, 6.45) is 0.00510. The topological polar surface area (TPSA) is 213 Å². The quantitative estimate of drug-likeness (QED) is 0.101. The Bertz CT molecular complexity index is 2030. The molecule has 3 aromatic rings. The molecule has 2 saturated heterocycles. The molecule has 21 heteroatoms. The van der Waals surface area contributed by atoms with E-state index in [0.29, 0.717) is 32.0 Å². The average Bonchev–Trinajstić information content (AvgIpc) is 3.82. The number of rotatable bonds is 21. The van der Waals surface area contributed by atoms with Crippen molar-refractivity contribution in [3.63, 3.8) is 0 Å². The lowest BCUT2D eigenvalue weighted by Gasteiger charge is -2.27. The number of carbonyl (C=O) groups is 6. The van der Waals surface area contributed by atoms with Gasteiger partial charge in [0.1, 0.15) is 11.8 Å². The molecule has 3 aliphatic rings. The monoisotopic (exact) mass is 844 g/mol. The smallest absolute Gasteiger partial charge is 0.266 e. The maximum Gasteiger partial charge on any atom is 0.266 e. The predicted molar refractivity (Wildman–Crippen MR) is 203 cm³/mol. The van der Waals surface area contributed by atoms with Gasteiger partial charge in [0.05, 0.1) is 69.7 Å². The Kier molecular flexibility index (Phi) is 15.2. The fourth-order valence-electron chi connectivity index (χ4n) is 6.22. The van der Waals surface area contributed by atoms with Crippen LogP contribution in [0.4, 0.5) is 13.9 Å². The zero-order valence-corrected chi connectivity index (χ0v) is 32.6. The van der Waals surface area contributed by atoms with E-state index in [2.05, 4.69) is 20.9 Å². The van der Waals surface area contributed by atoms with Crippen molar-refractivity contribution >= 4 is 51.9 Å². The second-order valence-electron chi connectivity index (χ2n) is 13.1. The van der Waals surface area contributed by atoms with Crippen LogP contribution in [0.2, 0.25) is 0 Å². The first-order chi connectivity index (χ1) is 28.6. The fourth-order valence-corrected chi connectivity index (χ4v) is 7.10. The number of aromatic nitrogens is 1. The minimum absolute atomic E-state index is 0.00913. The summed E-state index contributed by atoms with van der Waals surface area (Å²) in [5.41, 5.74) is 0.611. The fraction of sp³-hybridized carbons (Fsp3) is 0.447. The first-order valence-corrected chi connectivity index (χ1v) is 19.6. The molecule has 0 saturated carbocycles. The van der Waals surface area contributed by atoms with E-state index in [0.717, 1.165) is 16.1 Å². The van der Waals surface area contributed by atoms with E-state index >= 15 is 0 Å². The largest absolute Gasteiger partial charge is 0.483 e. The van der Waals surface area contributed by atoms with Gasteiger partial charge in [-0.3, -0.25) is 39.0 Å². The van der Waals surface area contributed by atoms with Crippen molar-refractivity contribution < 1.29 is 66.0 Å². The molecule has 0 radical (unpaired) electrons. The summed E-state index contributed by atoms with van der Waals surface area (Å²) < 4.78 is 61.5. The van der Waals surface area contributed by atoms with Crippen LogP contribution in [-0.4, -0.2) is 144 Å². The number of benzene rings is 2. The molecule has 3 N–H and O–H groups in total. The van der Waals surface area contributed by atoms with Crippen molar-refractivity contribution in [3.05, 3.63) is 58.5 Å². The molecule has 2 aromatic carbocycles. The molecule has 6 rings (SSSR count). The van der Waals surface area contributed by atoms with Crippen LogP contribution >= 0.6 is 11.3 Å². The van der Waals surface area contributed by atoms with Crippen molar-refractivity contribution in [2.24, 2.45) is 0 Å². The van der Waals surface area contributed by atoms with E-state index in [1.165, 1.54) is 35.6 Å². The second-order valence-corrected chi connectivity index (χ2v) is 13.9. The maximum absolute atomic E-state index is 14.8. The molecule has 6 amide bonds. The highest BCUT2D eigenvalue weighted by molar-refractivity contribution is 7.14. The molecule has 2 fully saturated rings. The average molecular weight is 845 g/mol. The Hall–Kier alpha value is -5.61. The summed E-state index contributed by atoms with van der Waals surface area (Å²) >= 11 is 1.36. The molecule has 0 bridgehead atoms. The van der Waals surface area contributed by atoms with Gasteiger partial charge in [-0.25, -0.2) is 9.37 Å². The third-order valence-corrected chi connectivity index (χ3v) is 10.0. The summed E-state index contributed by atoms with van der Waals surface area (Å²) in [6.45, 7) is 3.11. The summed E-state index contributed by atoms with van der Waals surface area (Å²) in [6, 6.07) is 5.59. The van der Waals surface area contributed by atoms with E-state index in [1.54, 1.807) is 5.38 Å². The standard InChI is InChI=1S/C38H42F2N6O12S/c39-25-5-4-23(26-22-59-38(43-26)45-10-14-55-15-11-45)34(33(25)40)58-21-31(49)42-9-13-54-17-19-56-18-16-53-12-8-41-30(48)20-57-28-3-1-2-24-32(28)37(52)46(36(24)51)27-6-7-29(47)44-35(27)50/h1-5,22,27H,6-21H2,(H,41,48)(H,42,49)(H,44,47,50). The van der Waals surface area contributed by atoms with Gasteiger partial charge < -0.3 is 44.0 Å². The molecular formula is C38H42F2N6O12S. The van der Waals surface area contributed by atoms with Gasteiger partial charge in [-0.2, -0.15) is 4.39 Å². The number of hydrogen-bond donors (Lipinski definition) is 3. The second kappa shape index (κ2) is 20.9. The van der Waals surface area contributed by atoms with Gasteiger partial charge in [0.15, 0.2) is 29.9 Å². The van der Waals surface area contributed by atoms with Crippen molar-refractivity contribution in [1.29, 1.82) is 0 Å². The molecule has 3 aliphatic heterocycles. The number of anilines is 1. The van der Waals surface area contributed by atoms with Crippen LogP contribution in [0.1, 0.15) is 33.6 Å². The predicted octanol–water partition coefficient (Wildman–Crippen LogP) is 1.07. The summed E-state index contributed by atoms with van der Waals surface area (Å²) in [7, 11) is 0. The number of nitrogens with zero attached hydrogens (tertiary/aromatic N) is 3. The molecule has 316 valence electrons. The van der Waals surface area contributed by atoms with Crippen LogP contribution < -0.4 is 30.3 Å². The Morgan fingerprint density at radius 1 is 0.847 bits per heavy atom. The van der Waals surface area contributed by atoms with Crippen LogP contribution in [0.3, 0.4) is 0 Å². The Morgan fingerprint density at radius 3 is 2.19 bits per heavy atom. The van der Waals surface area contributed by atoms with Gasteiger partial charge in [-0.15, -0.1) is 11.3 Å². The molecule has 0 spiro atoms. The molecule has 59 heavy (non-hydrogen) atoms. The van der Waals surface area contributed by atoms with Crippen LogP contribution in [0.25, 0.3) is 11.3 Å². The first-order valence-electron chi connectivity index (χ1n) is 18.8. The van der Waals surface area contributed by atoms with E-state index in [4.69, 9.17) is 28.4 Å². The lowest BCUT2D eigenvalue weighted by Crippen LogP contribution is -2.54. The molecule has 0 aliphatic carbocycles. The van der Waals surface area contributed by atoms with Crippen molar-refractivity contribution in [1.82, 2.24) is 25.8 Å². The van der Waals surface area contributed by atoms with Crippen molar-refractivity contribution in [2.45, 2.75) is 18.9 Å². The number of amides is 6. The minimum Gasteiger partial charge on any atom is -0.483 e. The lowest BCUT2D eigenvalue weighted by atomic mass is 10.0. The molecule has 4 heterocycles. The molecular weight excluding hydrogens is 803 g/mol. The van der Waals surface area contributed by atoms with E-state index in [9.17, 15) is 37.5 Å². The normalized spacial score (nSPS) is 16.5. The zero-order chi connectivity index (χ0) is 41.7. The number of morpholine rings is 1. The summed E-state index contributed by atoms with van der Waals surface area (Å²) in [5.74, 6) is -6.40. The van der Waals surface area contributed by atoms with Crippen molar-refractivity contribution in [2.75, 3.05) is 97.1 Å². The van der Waals surface area contributed by atoms with Gasteiger partial charge in [-0.05, 0) is 30.7 Å². The number of carbonyl (C=O) groups excluding carboxylic acids is 6. The Balaban J connectivity index is 0.785. The highest BCUT2D eigenvalue weighted by Crippen LogP contribution is 2.37. The van der Waals surface area contributed by atoms with Crippen LogP contribution in [0.5, 0.6) is 11.5 Å². The number of nitrogens with one attached hydrogen (secondary N) is 3. The summed E-state index contributed by atoms with van der Waals surface area (Å²) in [5, 5.41) is 9.79. The highest BCUT2D eigenvalue weighted by Gasteiger charge is 2.46. The van der Waals surface area contributed by atoms with E-state index < -0.39 is 72.1 Å². The number of thiazole rings is 1. The third-order valence-electron chi connectivity index (χ3n) is 9.12. The summed E-state index contributed by atoms with van der Waals surface area (Å²) in [4.78, 5) is 82.1. The van der Waals surface area contributed by atoms with Gasteiger partial charge in [0.25, 0.3) is 23.6 Å². The molecule has 1 atom stereocenters. The molecule has 18 nitrogen and oxygen atoms in total.